The molecule has 1 N–H and O–H groups in total. The molecule has 0 aromatic heterocycles. The fourth-order valence-electron chi connectivity index (χ4n) is 1.72. The lowest BCUT2D eigenvalue weighted by Gasteiger charge is -2.17. The monoisotopic (exact) mass is 363 g/mol. The van der Waals surface area contributed by atoms with Gasteiger partial charge in [0.1, 0.15) is 11.9 Å². The number of benzene rings is 2. The van der Waals surface area contributed by atoms with Crippen LogP contribution in [0.15, 0.2) is 36.4 Å². The van der Waals surface area contributed by atoms with Crippen molar-refractivity contribution in [3.8, 4) is 5.75 Å². The molecule has 2 aromatic rings. The zero-order chi connectivity index (χ0) is 15.4. The van der Waals surface area contributed by atoms with E-state index >= 15 is 0 Å². The van der Waals surface area contributed by atoms with Crippen LogP contribution in [0.5, 0.6) is 5.75 Å². The van der Waals surface area contributed by atoms with Crippen LogP contribution in [-0.4, -0.2) is 12.6 Å². The molecule has 0 amide bonds. The van der Waals surface area contributed by atoms with Crippen LogP contribution in [0.3, 0.4) is 0 Å². The van der Waals surface area contributed by atoms with E-state index < -0.39 is 0 Å². The van der Waals surface area contributed by atoms with Gasteiger partial charge in [-0.15, -0.1) is 0 Å². The lowest BCUT2D eigenvalue weighted by atomic mass is 10.3. The van der Waals surface area contributed by atoms with Crippen LogP contribution in [0.1, 0.15) is 6.92 Å². The summed E-state index contributed by atoms with van der Waals surface area (Å²) < 4.78 is 5.76. The molecule has 0 saturated heterocycles. The fraction of sp³-hybridized carbons (Fsp3) is 0.200. The van der Waals surface area contributed by atoms with Crippen LogP contribution in [0.4, 0.5) is 5.69 Å². The van der Waals surface area contributed by atoms with Gasteiger partial charge in [0.25, 0.3) is 0 Å². The van der Waals surface area contributed by atoms with Gasteiger partial charge in [-0.25, -0.2) is 0 Å². The first-order valence-electron chi connectivity index (χ1n) is 6.26. The van der Waals surface area contributed by atoms with E-state index in [-0.39, 0.29) is 6.10 Å². The third-order valence-corrected chi connectivity index (χ3v) is 3.81. The Labute approximate surface area is 143 Å². The van der Waals surface area contributed by atoms with Gasteiger partial charge >= 0.3 is 0 Å². The lowest BCUT2D eigenvalue weighted by Crippen LogP contribution is -2.22. The maximum Gasteiger partial charge on any atom is 0.138 e. The van der Waals surface area contributed by atoms with Crippen LogP contribution in [-0.2, 0) is 0 Å². The smallest absolute Gasteiger partial charge is 0.138 e. The van der Waals surface area contributed by atoms with E-state index in [9.17, 15) is 0 Å². The molecule has 0 fully saturated rings. The third-order valence-electron chi connectivity index (χ3n) is 2.73. The second kappa shape index (κ2) is 7.46. The Bertz CT molecular complexity index is 633. The number of nitrogens with one attached hydrogen (secondary N) is 1. The van der Waals surface area contributed by atoms with Crippen molar-refractivity contribution in [3.05, 3.63) is 56.5 Å². The fourth-order valence-corrected chi connectivity index (χ4v) is 2.64. The van der Waals surface area contributed by atoms with Crippen LogP contribution in [0, 0.1) is 0 Å². The van der Waals surface area contributed by atoms with Gasteiger partial charge in [-0.05, 0) is 43.3 Å². The number of hydrogen-bond donors (Lipinski definition) is 1. The van der Waals surface area contributed by atoms with Crippen LogP contribution in [0.2, 0.25) is 20.1 Å². The maximum atomic E-state index is 6.09. The highest BCUT2D eigenvalue weighted by Crippen LogP contribution is 2.29. The predicted molar refractivity (Wildman–Crippen MR) is 91.5 cm³/mol. The largest absolute Gasteiger partial charge is 0.487 e. The molecular weight excluding hydrogens is 352 g/mol. The first-order valence-corrected chi connectivity index (χ1v) is 7.77. The minimum absolute atomic E-state index is 0.101. The summed E-state index contributed by atoms with van der Waals surface area (Å²) in [5.74, 6) is 0.595. The highest BCUT2D eigenvalue weighted by atomic mass is 35.5. The number of rotatable bonds is 5. The summed E-state index contributed by atoms with van der Waals surface area (Å²) in [4.78, 5) is 0. The van der Waals surface area contributed by atoms with E-state index in [0.717, 1.165) is 5.69 Å². The molecule has 0 aliphatic heterocycles. The van der Waals surface area contributed by atoms with Gasteiger partial charge in [-0.2, -0.15) is 0 Å². The highest BCUT2D eigenvalue weighted by Gasteiger charge is 2.09. The van der Waals surface area contributed by atoms with Crippen LogP contribution in [0.25, 0.3) is 0 Å². The Morgan fingerprint density at radius 1 is 0.952 bits per heavy atom. The van der Waals surface area contributed by atoms with Crippen molar-refractivity contribution in [1.82, 2.24) is 0 Å². The summed E-state index contributed by atoms with van der Waals surface area (Å²) in [6.07, 6.45) is -0.101. The van der Waals surface area contributed by atoms with E-state index in [1.165, 1.54) is 0 Å². The van der Waals surface area contributed by atoms with Gasteiger partial charge in [0.05, 0.1) is 22.3 Å². The molecular formula is C15H13Cl4NO. The number of hydrogen-bond acceptors (Lipinski definition) is 2. The number of anilines is 1. The standard InChI is InChI=1S/C15H13Cl4NO/c1-9(21-15-5-3-11(17)7-13(15)19)8-20-14-4-2-10(16)6-12(14)18/h2-7,9,20H,8H2,1H3/t9-/m1/s1. The summed E-state index contributed by atoms with van der Waals surface area (Å²) in [6, 6.07) is 10.4. The highest BCUT2D eigenvalue weighted by molar-refractivity contribution is 6.36. The molecule has 2 aromatic carbocycles. The minimum Gasteiger partial charge on any atom is -0.487 e. The molecule has 1 atom stereocenters. The summed E-state index contributed by atoms with van der Waals surface area (Å²) in [5.41, 5.74) is 0.804. The predicted octanol–water partition coefficient (Wildman–Crippen LogP) is 6.18. The quantitative estimate of drug-likeness (QED) is 0.683. The van der Waals surface area contributed by atoms with Crippen LogP contribution < -0.4 is 10.1 Å². The van der Waals surface area contributed by atoms with Crippen molar-refractivity contribution in [2.75, 3.05) is 11.9 Å². The number of halogens is 4. The Morgan fingerprint density at radius 2 is 1.57 bits per heavy atom. The molecule has 0 spiro atoms. The van der Waals surface area contributed by atoms with Crippen molar-refractivity contribution in [2.45, 2.75) is 13.0 Å². The molecule has 0 unspecified atom stereocenters. The Morgan fingerprint density at radius 3 is 2.19 bits per heavy atom. The van der Waals surface area contributed by atoms with E-state index in [2.05, 4.69) is 5.32 Å². The van der Waals surface area contributed by atoms with E-state index in [4.69, 9.17) is 51.1 Å². The van der Waals surface area contributed by atoms with Crippen molar-refractivity contribution in [2.24, 2.45) is 0 Å². The molecule has 0 aliphatic carbocycles. The molecule has 0 aliphatic rings. The molecule has 112 valence electrons. The first-order chi connectivity index (χ1) is 9.95. The summed E-state index contributed by atoms with van der Waals surface area (Å²) in [6.45, 7) is 2.50. The Hall–Kier alpha value is -0.800. The van der Waals surface area contributed by atoms with Gasteiger partial charge in [-0.1, -0.05) is 46.4 Å². The molecule has 21 heavy (non-hydrogen) atoms. The van der Waals surface area contributed by atoms with Gasteiger partial charge < -0.3 is 10.1 Å². The van der Waals surface area contributed by atoms with E-state index in [1.807, 2.05) is 13.0 Å². The average molecular weight is 365 g/mol. The molecule has 2 rings (SSSR count). The zero-order valence-corrected chi connectivity index (χ0v) is 14.2. The second-order valence-electron chi connectivity index (χ2n) is 4.51. The van der Waals surface area contributed by atoms with E-state index in [0.29, 0.717) is 32.4 Å². The van der Waals surface area contributed by atoms with Gasteiger partial charge in [0, 0.05) is 10.0 Å². The van der Waals surface area contributed by atoms with Gasteiger partial charge in [0.15, 0.2) is 0 Å². The van der Waals surface area contributed by atoms with Crippen molar-refractivity contribution < 1.29 is 4.74 Å². The Kier molecular flexibility index (Phi) is 5.88. The molecule has 0 bridgehead atoms. The summed E-state index contributed by atoms with van der Waals surface area (Å²) >= 11 is 23.9. The van der Waals surface area contributed by atoms with Crippen molar-refractivity contribution in [1.29, 1.82) is 0 Å². The first kappa shape index (κ1) is 16.6. The van der Waals surface area contributed by atoms with E-state index in [1.54, 1.807) is 30.3 Å². The molecule has 0 saturated carbocycles. The zero-order valence-electron chi connectivity index (χ0n) is 11.2. The van der Waals surface area contributed by atoms with Gasteiger partial charge in [-0.3, -0.25) is 0 Å². The Balaban J connectivity index is 1.94. The van der Waals surface area contributed by atoms with Crippen LogP contribution >= 0.6 is 46.4 Å². The topological polar surface area (TPSA) is 21.3 Å². The van der Waals surface area contributed by atoms with Gasteiger partial charge in [0.2, 0.25) is 0 Å². The minimum atomic E-state index is -0.101. The third kappa shape index (κ3) is 4.86. The lowest BCUT2D eigenvalue weighted by molar-refractivity contribution is 0.235. The normalized spacial score (nSPS) is 12.0. The molecule has 2 nitrogen and oxygen atoms in total. The maximum absolute atomic E-state index is 6.09. The summed E-state index contributed by atoms with van der Waals surface area (Å²) in [5, 5.41) is 5.43. The molecule has 0 heterocycles. The second-order valence-corrected chi connectivity index (χ2v) is 6.20. The summed E-state index contributed by atoms with van der Waals surface area (Å²) in [7, 11) is 0. The SMILES string of the molecule is C[C@H](CNc1ccc(Cl)cc1Cl)Oc1ccc(Cl)cc1Cl. The van der Waals surface area contributed by atoms with Crippen molar-refractivity contribution >= 4 is 52.1 Å². The average Bonchev–Trinajstić information content (AvgIpc) is 2.41. The number of ether oxygens (including phenoxy) is 1. The van der Waals surface area contributed by atoms with Crippen molar-refractivity contribution in [3.63, 3.8) is 0 Å². The molecule has 6 heteroatoms. The molecule has 0 radical (unpaired) electrons.